The van der Waals surface area contributed by atoms with Crippen LogP contribution in [0.5, 0.6) is 0 Å². The first-order valence-electron chi connectivity index (χ1n) is 6.76. The zero-order valence-electron chi connectivity index (χ0n) is 11.2. The highest BCUT2D eigenvalue weighted by Crippen LogP contribution is 2.31. The molecule has 0 amide bonds. The van der Waals surface area contributed by atoms with Crippen LogP contribution in [0.3, 0.4) is 0 Å². The second-order valence-electron chi connectivity index (χ2n) is 5.42. The predicted molar refractivity (Wildman–Crippen MR) is 77.3 cm³/mol. The van der Waals surface area contributed by atoms with Gasteiger partial charge >= 0.3 is 0 Å². The van der Waals surface area contributed by atoms with Gasteiger partial charge in [0.15, 0.2) is 0 Å². The lowest BCUT2D eigenvalue weighted by molar-refractivity contribution is 0.199. The van der Waals surface area contributed by atoms with Crippen LogP contribution in [0.1, 0.15) is 44.3 Å². The number of hydrogen-bond donors (Lipinski definition) is 1. The van der Waals surface area contributed by atoms with Gasteiger partial charge in [-0.2, -0.15) is 0 Å². The molecule has 0 spiro atoms. The molecule has 0 aromatic heterocycles. The lowest BCUT2D eigenvalue weighted by Crippen LogP contribution is -2.24. The zero-order chi connectivity index (χ0) is 13.1. The Bertz CT molecular complexity index is 399. The van der Waals surface area contributed by atoms with Crippen molar-refractivity contribution in [3.05, 3.63) is 28.8 Å². The molecule has 0 bridgehead atoms. The summed E-state index contributed by atoms with van der Waals surface area (Å²) in [6.07, 6.45) is 4.96. The highest BCUT2D eigenvalue weighted by atomic mass is 35.5. The van der Waals surface area contributed by atoms with Gasteiger partial charge in [-0.15, -0.1) is 0 Å². The maximum Gasteiger partial charge on any atom is 0.0762 e. The molecule has 0 radical (unpaired) electrons. The van der Waals surface area contributed by atoms with Crippen molar-refractivity contribution in [1.82, 2.24) is 0 Å². The number of rotatable bonds is 4. The van der Waals surface area contributed by atoms with Crippen molar-refractivity contribution < 1.29 is 5.11 Å². The lowest BCUT2D eigenvalue weighted by Gasteiger charge is -2.24. The predicted octanol–water partition coefficient (Wildman–Crippen LogP) is 4.02. The first-order valence-corrected chi connectivity index (χ1v) is 7.14. The molecule has 0 unspecified atom stereocenters. The average Bonchev–Trinajstić information content (AvgIpc) is 2.81. The van der Waals surface area contributed by atoms with Crippen molar-refractivity contribution >= 4 is 17.3 Å². The van der Waals surface area contributed by atoms with Gasteiger partial charge in [0.1, 0.15) is 0 Å². The van der Waals surface area contributed by atoms with Crippen LogP contribution in [-0.4, -0.2) is 18.7 Å². The van der Waals surface area contributed by atoms with Crippen LogP contribution in [0.4, 0.5) is 5.69 Å². The molecule has 0 heterocycles. The van der Waals surface area contributed by atoms with Crippen molar-refractivity contribution in [3.8, 4) is 0 Å². The summed E-state index contributed by atoms with van der Waals surface area (Å²) in [6, 6.07) is 5.84. The van der Waals surface area contributed by atoms with Crippen LogP contribution in [0, 0.1) is 5.92 Å². The molecule has 3 heteroatoms. The highest BCUT2D eigenvalue weighted by Gasteiger charge is 2.18. The topological polar surface area (TPSA) is 23.5 Å². The number of anilines is 1. The van der Waals surface area contributed by atoms with E-state index in [0.717, 1.165) is 28.7 Å². The molecule has 1 aliphatic carbocycles. The van der Waals surface area contributed by atoms with Gasteiger partial charge in [-0.3, -0.25) is 0 Å². The molecule has 18 heavy (non-hydrogen) atoms. The molecular formula is C15H22ClNO. The minimum absolute atomic E-state index is 0.461. The van der Waals surface area contributed by atoms with E-state index >= 15 is 0 Å². The minimum Gasteiger partial charge on any atom is -0.389 e. The lowest BCUT2D eigenvalue weighted by atomic mass is 10.1. The molecule has 0 aliphatic heterocycles. The van der Waals surface area contributed by atoms with Crippen LogP contribution >= 0.6 is 11.6 Å². The van der Waals surface area contributed by atoms with E-state index in [9.17, 15) is 5.11 Å². The summed E-state index contributed by atoms with van der Waals surface area (Å²) in [6.45, 7) is 2.83. The fourth-order valence-corrected chi connectivity index (χ4v) is 3.10. The molecule has 1 N–H and O–H groups in total. The quantitative estimate of drug-likeness (QED) is 0.891. The molecule has 1 saturated carbocycles. The van der Waals surface area contributed by atoms with Gasteiger partial charge in [-0.25, -0.2) is 0 Å². The maximum atomic E-state index is 9.54. The first-order chi connectivity index (χ1) is 8.58. The third kappa shape index (κ3) is 3.18. The Balaban J connectivity index is 2.07. The molecule has 2 rings (SSSR count). The number of benzene rings is 1. The van der Waals surface area contributed by atoms with Crippen LogP contribution in [0.25, 0.3) is 0 Å². The molecule has 1 atom stereocenters. The number of nitrogens with zero attached hydrogens (tertiary/aromatic N) is 1. The van der Waals surface area contributed by atoms with E-state index in [2.05, 4.69) is 11.9 Å². The van der Waals surface area contributed by atoms with Gasteiger partial charge < -0.3 is 10.0 Å². The number of halogens is 1. The molecule has 2 nitrogen and oxygen atoms in total. The fourth-order valence-electron chi connectivity index (χ4n) is 2.77. The number of hydrogen-bond acceptors (Lipinski definition) is 2. The van der Waals surface area contributed by atoms with E-state index in [0.29, 0.717) is 0 Å². The zero-order valence-corrected chi connectivity index (χ0v) is 12.0. The van der Waals surface area contributed by atoms with E-state index in [1.54, 1.807) is 6.92 Å². The standard InChI is InChI=1S/C15H22ClNO/c1-11(18)13-7-8-15(14(16)9-13)17(2)10-12-5-3-4-6-12/h7-9,11-12,18H,3-6,10H2,1-2H3/t11-/m0/s1. The summed E-state index contributed by atoms with van der Waals surface area (Å²) in [5.74, 6) is 0.808. The SMILES string of the molecule is C[C@H](O)c1ccc(N(C)CC2CCCC2)c(Cl)c1. The van der Waals surface area contributed by atoms with Crippen molar-refractivity contribution in [2.75, 3.05) is 18.5 Å². The van der Waals surface area contributed by atoms with Gasteiger partial charge in [0.2, 0.25) is 0 Å². The molecular weight excluding hydrogens is 246 g/mol. The summed E-state index contributed by atoms with van der Waals surface area (Å²) in [5, 5.41) is 10.3. The Kier molecular flexibility index (Phi) is 4.52. The average molecular weight is 268 g/mol. The molecule has 0 saturated heterocycles. The summed E-state index contributed by atoms with van der Waals surface area (Å²) in [7, 11) is 2.10. The fraction of sp³-hybridized carbons (Fsp3) is 0.600. The van der Waals surface area contributed by atoms with E-state index in [1.165, 1.54) is 25.7 Å². The Morgan fingerprint density at radius 2 is 2.06 bits per heavy atom. The summed E-state index contributed by atoms with van der Waals surface area (Å²) < 4.78 is 0. The van der Waals surface area contributed by atoms with Crippen molar-refractivity contribution in [2.45, 2.75) is 38.7 Å². The molecule has 1 aromatic rings. The Morgan fingerprint density at radius 3 is 2.61 bits per heavy atom. The number of aliphatic hydroxyl groups excluding tert-OH is 1. The maximum absolute atomic E-state index is 9.54. The van der Waals surface area contributed by atoms with E-state index in [-0.39, 0.29) is 0 Å². The van der Waals surface area contributed by atoms with Gasteiger partial charge in [0, 0.05) is 13.6 Å². The molecule has 100 valence electrons. The monoisotopic (exact) mass is 267 g/mol. The van der Waals surface area contributed by atoms with Crippen LogP contribution in [0.15, 0.2) is 18.2 Å². The minimum atomic E-state index is -0.461. The van der Waals surface area contributed by atoms with E-state index in [1.807, 2.05) is 18.2 Å². The molecule has 1 aliphatic rings. The second-order valence-corrected chi connectivity index (χ2v) is 5.83. The van der Waals surface area contributed by atoms with Gasteiger partial charge in [0.05, 0.1) is 16.8 Å². The number of aliphatic hydroxyl groups is 1. The third-order valence-electron chi connectivity index (χ3n) is 3.87. The molecule has 1 aromatic carbocycles. The van der Waals surface area contributed by atoms with Crippen LogP contribution in [-0.2, 0) is 0 Å². The summed E-state index contributed by atoms with van der Waals surface area (Å²) >= 11 is 6.30. The Morgan fingerprint density at radius 1 is 1.39 bits per heavy atom. The largest absolute Gasteiger partial charge is 0.389 e. The summed E-state index contributed by atoms with van der Waals surface area (Å²) in [4.78, 5) is 2.24. The van der Waals surface area contributed by atoms with Crippen molar-refractivity contribution in [3.63, 3.8) is 0 Å². The van der Waals surface area contributed by atoms with Crippen LogP contribution in [0.2, 0.25) is 5.02 Å². The Hall–Kier alpha value is -0.730. The highest BCUT2D eigenvalue weighted by molar-refractivity contribution is 6.33. The van der Waals surface area contributed by atoms with Gasteiger partial charge in [0.25, 0.3) is 0 Å². The first kappa shape index (κ1) is 13.7. The van der Waals surface area contributed by atoms with Gasteiger partial charge in [-0.05, 0) is 43.4 Å². The normalized spacial score (nSPS) is 18.0. The summed E-state index contributed by atoms with van der Waals surface area (Å²) in [5.41, 5.74) is 1.94. The second kappa shape index (κ2) is 5.94. The van der Waals surface area contributed by atoms with Gasteiger partial charge in [-0.1, -0.05) is 30.5 Å². The van der Waals surface area contributed by atoms with E-state index in [4.69, 9.17) is 11.6 Å². The third-order valence-corrected chi connectivity index (χ3v) is 4.17. The van der Waals surface area contributed by atoms with Crippen molar-refractivity contribution in [2.24, 2.45) is 5.92 Å². The Labute approximate surface area is 115 Å². The smallest absolute Gasteiger partial charge is 0.0762 e. The van der Waals surface area contributed by atoms with E-state index < -0.39 is 6.10 Å². The van der Waals surface area contributed by atoms with Crippen molar-refractivity contribution in [1.29, 1.82) is 0 Å². The van der Waals surface area contributed by atoms with Crippen LogP contribution < -0.4 is 4.90 Å². The molecule has 1 fully saturated rings.